The number of rotatable bonds is 14. The van der Waals surface area contributed by atoms with Crippen molar-refractivity contribution in [1.82, 2.24) is 20.0 Å². The summed E-state index contributed by atoms with van der Waals surface area (Å²) in [7, 11) is 2.03. The monoisotopic (exact) mass is 526 g/mol. The maximum Gasteiger partial charge on any atom is 0.222 e. The van der Waals surface area contributed by atoms with Crippen LogP contribution >= 0.6 is 0 Å². The Bertz CT molecular complexity index is 706. The second kappa shape index (κ2) is 17.7. The van der Waals surface area contributed by atoms with Gasteiger partial charge in [-0.25, -0.2) is 0 Å². The number of amides is 2. The normalized spacial score (nSPS) is 11.9. The van der Waals surface area contributed by atoms with E-state index in [1.54, 1.807) is 9.80 Å². The lowest BCUT2D eigenvalue weighted by atomic mass is 9.90. The summed E-state index contributed by atoms with van der Waals surface area (Å²) in [6.45, 7) is 26.5. The molecular weight excluding hydrogens is 468 g/mol. The molecular formula is C29H58N4O4. The molecule has 0 spiro atoms. The molecule has 2 amide bonds. The molecule has 0 saturated carbocycles. The SMILES string of the molecule is CCC(=O)N(CCN(C)C(C)C)CC(=O)C(C)(C)C.CCC(=O)N(CCNC(C)C)CC(=O)C(C)(C)C. The topological polar surface area (TPSA) is 90.0 Å². The third-order valence-electron chi connectivity index (χ3n) is 6.19. The van der Waals surface area contributed by atoms with Crippen molar-refractivity contribution < 1.29 is 19.2 Å². The molecule has 0 aromatic carbocycles. The molecule has 0 radical (unpaired) electrons. The molecule has 0 aliphatic rings. The largest absolute Gasteiger partial charge is 0.334 e. The lowest BCUT2D eigenvalue weighted by Crippen LogP contribution is -2.43. The number of ketones is 2. The van der Waals surface area contributed by atoms with Crippen LogP contribution in [0.1, 0.15) is 95.9 Å². The predicted octanol–water partition coefficient (Wildman–Crippen LogP) is 4.02. The van der Waals surface area contributed by atoms with Gasteiger partial charge in [0.15, 0.2) is 11.6 Å². The molecule has 0 aromatic heterocycles. The molecule has 0 fully saturated rings. The Kier molecular flexibility index (Phi) is 17.8. The summed E-state index contributed by atoms with van der Waals surface area (Å²) in [6, 6.07) is 0.832. The minimum Gasteiger partial charge on any atom is -0.334 e. The highest BCUT2D eigenvalue weighted by atomic mass is 16.2. The molecule has 0 unspecified atom stereocenters. The Labute approximate surface area is 227 Å². The maximum absolute atomic E-state index is 12.1. The van der Waals surface area contributed by atoms with E-state index in [-0.39, 0.29) is 36.5 Å². The first-order valence-corrected chi connectivity index (χ1v) is 13.8. The van der Waals surface area contributed by atoms with Crippen molar-refractivity contribution in [3.05, 3.63) is 0 Å². The van der Waals surface area contributed by atoms with Crippen LogP contribution in [-0.4, -0.2) is 96.5 Å². The molecule has 0 atom stereocenters. The Morgan fingerprint density at radius 3 is 1.35 bits per heavy atom. The van der Waals surface area contributed by atoms with Crippen LogP contribution < -0.4 is 5.32 Å². The highest BCUT2D eigenvalue weighted by Crippen LogP contribution is 2.16. The molecule has 0 aliphatic heterocycles. The van der Waals surface area contributed by atoms with Crippen molar-refractivity contribution >= 4 is 23.4 Å². The van der Waals surface area contributed by atoms with Gasteiger partial charge in [0, 0.05) is 61.9 Å². The molecule has 0 aromatic rings. The Balaban J connectivity index is 0. The molecule has 0 aliphatic carbocycles. The fourth-order valence-electron chi connectivity index (χ4n) is 2.88. The van der Waals surface area contributed by atoms with Gasteiger partial charge in [0.25, 0.3) is 0 Å². The van der Waals surface area contributed by atoms with Gasteiger partial charge >= 0.3 is 0 Å². The summed E-state index contributed by atoms with van der Waals surface area (Å²) in [5.74, 6) is 0.309. The second-order valence-electron chi connectivity index (χ2n) is 12.4. The molecule has 0 saturated heterocycles. The first-order chi connectivity index (χ1) is 16.8. The van der Waals surface area contributed by atoms with E-state index < -0.39 is 10.8 Å². The van der Waals surface area contributed by atoms with E-state index in [2.05, 4.69) is 37.9 Å². The number of carbonyl (C=O) groups is 4. The molecule has 218 valence electrons. The zero-order chi connectivity index (χ0) is 29.6. The number of carbonyl (C=O) groups excluding carboxylic acids is 4. The zero-order valence-corrected chi connectivity index (χ0v) is 26.3. The Hall–Kier alpha value is -1.80. The number of nitrogens with zero attached hydrogens (tertiary/aromatic N) is 3. The van der Waals surface area contributed by atoms with E-state index >= 15 is 0 Å². The summed E-state index contributed by atoms with van der Waals surface area (Å²) in [5.41, 5.74) is -0.784. The van der Waals surface area contributed by atoms with Gasteiger partial charge in [0.2, 0.25) is 11.8 Å². The van der Waals surface area contributed by atoms with Crippen LogP contribution in [-0.2, 0) is 19.2 Å². The minimum atomic E-state index is -0.393. The van der Waals surface area contributed by atoms with Gasteiger partial charge in [-0.2, -0.15) is 0 Å². The quantitative estimate of drug-likeness (QED) is 0.368. The van der Waals surface area contributed by atoms with Crippen molar-refractivity contribution in [1.29, 1.82) is 0 Å². The summed E-state index contributed by atoms with van der Waals surface area (Å²) >= 11 is 0. The van der Waals surface area contributed by atoms with Gasteiger partial charge < -0.3 is 20.0 Å². The lowest BCUT2D eigenvalue weighted by molar-refractivity contribution is -0.138. The van der Waals surface area contributed by atoms with Crippen LogP contribution in [0.3, 0.4) is 0 Å². The van der Waals surface area contributed by atoms with Gasteiger partial charge in [0.05, 0.1) is 13.1 Å². The van der Waals surface area contributed by atoms with Crippen LogP contribution in [0.4, 0.5) is 0 Å². The van der Waals surface area contributed by atoms with Crippen molar-refractivity contribution in [2.75, 3.05) is 46.3 Å². The average molecular weight is 527 g/mol. The molecule has 8 heteroatoms. The molecule has 37 heavy (non-hydrogen) atoms. The van der Waals surface area contributed by atoms with Gasteiger partial charge in [-0.1, -0.05) is 69.2 Å². The number of hydrogen-bond acceptors (Lipinski definition) is 6. The van der Waals surface area contributed by atoms with Crippen LogP contribution in [0.2, 0.25) is 0 Å². The highest BCUT2D eigenvalue weighted by molar-refractivity contribution is 5.90. The first-order valence-electron chi connectivity index (χ1n) is 13.8. The van der Waals surface area contributed by atoms with Crippen LogP contribution in [0.15, 0.2) is 0 Å². The summed E-state index contributed by atoms with van der Waals surface area (Å²) < 4.78 is 0. The Morgan fingerprint density at radius 1 is 0.676 bits per heavy atom. The maximum atomic E-state index is 12.1. The molecule has 0 rings (SSSR count). The molecule has 0 heterocycles. The van der Waals surface area contributed by atoms with Gasteiger partial charge in [-0.3, -0.25) is 19.2 Å². The fourth-order valence-corrected chi connectivity index (χ4v) is 2.88. The molecule has 1 N–H and O–H groups in total. The third-order valence-corrected chi connectivity index (χ3v) is 6.19. The number of hydrogen-bond donors (Lipinski definition) is 1. The Morgan fingerprint density at radius 2 is 1.05 bits per heavy atom. The van der Waals surface area contributed by atoms with Crippen molar-refractivity contribution in [3.63, 3.8) is 0 Å². The second-order valence-corrected chi connectivity index (χ2v) is 12.4. The lowest BCUT2D eigenvalue weighted by Gasteiger charge is -2.29. The van der Waals surface area contributed by atoms with Crippen LogP contribution in [0, 0.1) is 10.8 Å². The summed E-state index contributed by atoms with van der Waals surface area (Å²) in [6.07, 6.45) is 0.891. The average Bonchev–Trinajstić information content (AvgIpc) is 2.78. The highest BCUT2D eigenvalue weighted by Gasteiger charge is 2.26. The standard InChI is InChI=1S/C15H30N2O2.C14H28N2O2/c1-8-14(19)17(10-9-16(7)12(2)3)11-13(18)15(4,5)6;1-7-13(18)16(9-8-15-11(2)3)10-12(17)14(4,5)6/h12H,8-11H2,1-7H3;11,15H,7-10H2,1-6H3. The van der Waals surface area contributed by atoms with Gasteiger partial charge in [0.1, 0.15) is 0 Å². The van der Waals surface area contributed by atoms with E-state index in [1.165, 1.54) is 0 Å². The zero-order valence-electron chi connectivity index (χ0n) is 26.3. The third kappa shape index (κ3) is 17.4. The van der Waals surface area contributed by atoms with E-state index in [9.17, 15) is 19.2 Å². The van der Waals surface area contributed by atoms with Gasteiger partial charge in [-0.15, -0.1) is 0 Å². The van der Waals surface area contributed by atoms with Gasteiger partial charge in [-0.05, 0) is 20.9 Å². The van der Waals surface area contributed by atoms with E-state index in [4.69, 9.17) is 0 Å². The predicted molar refractivity (Wildman–Crippen MR) is 154 cm³/mol. The fraction of sp³-hybridized carbons (Fsp3) is 0.862. The smallest absolute Gasteiger partial charge is 0.222 e. The molecule has 0 bridgehead atoms. The van der Waals surface area contributed by atoms with E-state index in [1.807, 2.05) is 62.4 Å². The molecule has 8 nitrogen and oxygen atoms in total. The number of Topliss-reactive ketones (excluding diaryl/α,β-unsaturated/α-hetero) is 2. The summed E-state index contributed by atoms with van der Waals surface area (Å²) in [5, 5.41) is 3.26. The van der Waals surface area contributed by atoms with Crippen LogP contribution in [0.25, 0.3) is 0 Å². The van der Waals surface area contributed by atoms with Crippen molar-refractivity contribution in [2.24, 2.45) is 10.8 Å². The number of nitrogens with one attached hydrogen (secondary N) is 1. The van der Waals surface area contributed by atoms with Crippen molar-refractivity contribution in [3.8, 4) is 0 Å². The number of likely N-dealkylation sites (N-methyl/N-ethyl adjacent to an activating group) is 1. The van der Waals surface area contributed by atoms with E-state index in [0.29, 0.717) is 38.0 Å². The minimum absolute atomic E-state index is 0.0400. The van der Waals surface area contributed by atoms with Crippen molar-refractivity contribution in [2.45, 2.75) is 108 Å². The summed E-state index contributed by atoms with van der Waals surface area (Å²) in [4.78, 5) is 53.3. The van der Waals surface area contributed by atoms with E-state index in [0.717, 1.165) is 13.1 Å². The van der Waals surface area contributed by atoms with Crippen LogP contribution in [0.5, 0.6) is 0 Å². The first kappa shape index (κ1) is 37.4.